The van der Waals surface area contributed by atoms with Crippen molar-refractivity contribution in [2.75, 3.05) is 32.1 Å². The zero-order valence-corrected chi connectivity index (χ0v) is 13.9. The van der Waals surface area contributed by atoms with E-state index in [0.29, 0.717) is 5.25 Å². The third-order valence-electron chi connectivity index (χ3n) is 2.77. The lowest BCUT2D eigenvalue weighted by atomic mass is 9.97. The minimum Gasteiger partial charge on any atom is -0.394 e. The first kappa shape index (κ1) is 16.7. The van der Waals surface area contributed by atoms with E-state index in [1.165, 1.54) is 0 Å². The molecular formula is C12H24N4OS2. The van der Waals surface area contributed by atoms with E-state index in [4.69, 9.17) is 0 Å². The monoisotopic (exact) mass is 304 g/mol. The van der Waals surface area contributed by atoms with Gasteiger partial charge in [0.25, 0.3) is 0 Å². The van der Waals surface area contributed by atoms with Gasteiger partial charge in [-0.2, -0.15) is 0 Å². The van der Waals surface area contributed by atoms with Crippen molar-refractivity contribution in [1.29, 1.82) is 0 Å². The summed E-state index contributed by atoms with van der Waals surface area (Å²) in [5, 5.41) is 22.5. The Morgan fingerprint density at radius 3 is 2.63 bits per heavy atom. The molecule has 2 N–H and O–H groups in total. The summed E-state index contributed by atoms with van der Waals surface area (Å²) in [6, 6.07) is 0. The van der Waals surface area contributed by atoms with Crippen LogP contribution < -0.4 is 10.2 Å². The number of rotatable bonds is 8. The van der Waals surface area contributed by atoms with E-state index in [2.05, 4.69) is 36.3 Å². The van der Waals surface area contributed by atoms with Crippen molar-refractivity contribution in [3.63, 3.8) is 0 Å². The molecule has 1 aromatic rings. The van der Waals surface area contributed by atoms with Crippen molar-refractivity contribution in [3.8, 4) is 0 Å². The van der Waals surface area contributed by atoms with Crippen LogP contribution >= 0.6 is 23.1 Å². The van der Waals surface area contributed by atoms with Gasteiger partial charge in [0.2, 0.25) is 5.13 Å². The lowest BCUT2D eigenvalue weighted by Crippen LogP contribution is -2.47. The highest BCUT2D eigenvalue weighted by molar-refractivity contribution is 8.01. The minimum atomic E-state index is -0.226. The molecule has 0 spiro atoms. The van der Waals surface area contributed by atoms with Crippen LogP contribution in [0.15, 0.2) is 4.34 Å². The number of aliphatic hydroxyl groups is 1. The Kier molecular flexibility index (Phi) is 6.52. The van der Waals surface area contributed by atoms with E-state index in [1.54, 1.807) is 23.1 Å². The van der Waals surface area contributed by atoms with E-state index < -0.39 is 0 Å². The first-order valence-electron chi connectivity index (χ1n) is 6.43. The molecule has 2 unspecified atom stereocenters. The van der Waals surface area contributed by atoms with Crippen LogP contribution in [0.1, 0.15) is 27.2 Å². The molecule has 0 radical (unpaired) electrons. The minimum absolute atomic E-state index is 0.144. The highest BCUT2D eigenvalue weighted by Crippen LogP contribution is 2.32. The molecule has 0 aliphatic carbocycles. The number of hydrogen-bond acceptors (Lipinski definition) is 7. The molecule has 7 heteroatoms. The van der Waals surface area contributed by atoms with Gasteiger partial charge < -0.3 is 15.3 Å². The average molecular weight is 304 g/mol. The van der Waals surface area contributed by atoms with Gasteiger partial charge in [-0.05, 0) is 19.9 Å². The second-order valence-electron chi connectivity index (χ2n) is 5.13. The first-order valence-corrected chi connectivity index (χ1v) is 8.13. The van der Waals surface area contributed by atoms with Crippen LogP contribution in [0.2, 0.25) is 0 Å². The molecule has 2 atom stereocenters. The van der Waals surface area contributed by atoms with Crippen LogP contribution in [0.3, 0.4) is 0 Å². The molecule has 0 aliphatic rings. The molecule has 0 fully saturated rings. The lowest BCUT2D eigenvalue weighted by molar-refractivity contribution is 0.168. The zero-order valence-electron chi connectivity index (χ0n) is 12.3. The molecule has 0 amide bonds. The maximum absolute atomic E-state index is 9.50. The third-order valence-corrected chi connectivity index (χ3v) is 5.05. The van der Waals surface area contributed by atoms with Gasteiger partial charge >= 0.3 is 0 Å². The van der Waals surface area contributed by atoms with Gasteiger partial charge in [0.05, 0.1) is 6.61 Å². The molecule has 19 heavy (non-hydrogen) atoms. The molecule has 110 valence electrons. The van der Waals surface area contributed by atoms with Crippen molar-refractivity contribution in [2.45, 2.75) is 42.3 Å². The fraction of sp³-hybridized carbons (Fsp3) is 0.833. The quantitative estimate of drug-likeness (QED) is 0.715. The normalized spacial score (nSPS) is 16.1. The summed E-state index contributed by atoms with van der Waals surface area (Å²) in [7, 11) is 3.93. The van der Waals surface area contributed by atoms with E-state index in [1.807, 2.05) is 19.0 Å². The van der Waals surface area contributed by atoms with Gasteiger partial charge in [-0.15, -0.1) is 10.2 Å². The van der Waals surface area contributed by atoms with E-state index in [9.17, 15) is 5.11 Å². The Labute approximate surface area is 123 Å². The van der Waals surface area contributed by atoms with Gasteiger partial charge in [0, 0.05) is 24.9 Å². The second-order valence-corrected chi connectivity index (χ2v) is 7.77. The van der Waals surface area contributed by atoms with Gasteiger partial charge in [-0.25, -0.2) is 0 Å². The molecular weight excluding hydrogens is 280 g/mol. The summed E-state index contributed by atoms with van der Waals surface area (Å²) < 4.78 is 0.980. The number of thioether (sulfide) groups is 1. The second kappa shape index (κ2) is 7.42. The molecule has 5 nitrogen and oxygen atoms in total. The van der Waals surface area contributed by atoms with Gasteiger partial charge in [0.1, 0.15) is 0 Å². The van der Waals surface area contributed by atoms with Crippen molar-refractivity contribution in [2.24, 2.45) is 0 Å². The summed E-state index contributed by atoms with van der Waals surface area (Å²) in [4.78, 5) is 1.96. The van der Waals surface area contributed by atoms with E-state index in [0.717, 1.165) is 22.4 Å². The first-order chi connectivity index (χ1) is 8.90. The fourth-order valence-corrected chi connectivity index (χ4v) is 4.19. The highest BCUT2D eigenvalue weighted by Gasteiger charge is 2.25. The Balaban J connectivity index is 2.56. The van der Waals surface area contributed by atoms with Gasteiger partial charge in [0.15, 0.2) is 4.34 Å². The number of hydrogen-bond donors (Lipinski definition) is 2. The summed E-state index contributed by atoms with van der Waals surface area (Å²) in [5.41, 5.74) is -0.226. The molecule has 0 aromatic carbocycles. The molecule has 1 rings (SSSR count). The Bertz CT molecular complexity index is 386. The average Bonchev–Trinajstić information content (AvgIpc) is 2.77. The molecule has 0 saturated carbocycles. The number of aliphatic hydroxyl groups excluding tert-OH is 1. The highest BCUT2D eigenvalue weighted by atomic mass is 32.2. The molecule has 0 bridgehead atoms. The number of anilines is 1. The van der Waals surface area contributed by atoms with Crippen LogP contribution in [0.4, 0.5) is 5.13 Å². The third kappa shape index (κ3) is 5.25. The Hall–Kier alpha value is -0.370. The van der Waals surface area contributed by atoms with Crippen LogP contribution in [0.5, 0.6) is 0 Å². The van der Waals surface area contributed by atoms with Crippen LogP contribution in [-0.2, 0) is 0 Å². The van der Waals surface area contributed by atoms with Crippen LogP contribution in [-0.4, -0.2) is 53.3 Å². The summed E-state index contributed by atoms with van der Waals surface area (Å²) in [6.45, 7) is 7.27. The lowest BCUT2D eigenvalue weighted by Gasteiger charge is -2.30. The smallest absolute Gasteiger partial charge is 0.208 e. The summed E-state index contributed by atoms with van der Waals surface area (Å²) in [6.07, 6.45) is 0.888. The fourth-order valence-electron chi connectivity index (χ4n) is 1.90. The zero-order chi connectivity index (χ0) is 14.5. The van der Waals surface area contributed by atoms with Gasteiger partial charge in [-0.3, -0.25) is 0 Å². The van der Waals surface area contributed by atoms with E-state index in [-0.39, 0.29) is 12.1 Å². The van der Waals surface area contributed by atoms with Crippen LogP contribution in [0, 0.1) is 0 Å². The summed E-state index contributed by atoms with van der Waals surface area (Å²) in [5.74, 6) is 0. The standard InChI is InChI=1S/C12H24N4OS2/c1-6-13-12(3,8-17)7-9(2)18-11-15-14-10(19-11)16(4)5/h9,13,17H,6-8H2,1-5H3. The molecule has 0 aliphatic heterocycles. The van der Waals surface area contributed by atoms with Crippen LogP contribution in [0.25, 0.3) is 0 Å². The van der Waals surface area contributed by atoms with Crippen molar-refractivity contribution in [1.82, 2.24) is 15.5 Å². The van der Waals surface area contributed by atoms with Crippen molar-refractivity contribution < 1.29 is 5.11 Å². The maximum atomic E-state index is 9.50. The predicted octanol–water partition coefficient (Wildman–Crippen LogP) is 1.84. The topological polar surface area (TPSA) is 61.3 Å². The molecule has 0 saturated heterocycles. The van der Waals surface area contributed by atoms with E-state index >= 15 is 0 Å². The van der Waals surface area contributed by atoms with Gasteiger partial charge in [-0.1, -0.05) is 36.9 Å². The molecule has 1 heterocycles. The summed E-state index contributed by atoms with van der Waals surface area (Å²) >= 11 is 3.32. The maximum Gasteiger partial charge on any atom is 0.208 e. The SMILES string of the molecule is CCNC(C)(CO)CC(C)Sc1nnc(N(C)C)s1. The Morgan fingerprint density at radius 1 is 1.47 bits per heavy atom. The number of likely N-dealkylation sites (N-methyl/N-ethyl adjacent to an activating group) is 1. The number of nitrogens with zero attached hydrogens (tertiary/aromatic N) is 3. The Morgan fingerprint density at radius 2 is 2.16 bits per heavy atom. The number of nitrogens with one attached hydrogen (secondary N) is 1. The predicted molar refractivity (Wildman–Crippen MR) is 83.3 cm³/mol. The van der Waals surface area contributed by atoms with Crippen molar-refractivity contribution >= 4 is 28.2 Å². The largest absolute Gasteiger partial charge is 0.394 e. The number of aromatic nitrogens is 2. The van der Waals surface area contributed by atoms with Crippen molar-refractivity contribution in [3.05, 3.63) is 0 Å². The molecule has 1 aromatic heterocycles.